The molecule has 2 aliphatic heterocycles. The molecule has 3 aromatic rings. The van der Waals surface area contributed by atoms with Gasteiger partial charge in [0.25, 0.3) is 0 Å². The number of rotatable bonds is 13. The number of fused-ring (bicyclic) bond motifs is 1. The number of unbranched alkanes of at least 4 members (excludes halogenated alkanes) is 1. The molecule has 8 heteroatoms. The van der Waals surface area contributed by atoms with Gasteiger partial charge < -0.3 is 20.7 Å². The van der Waals surface area contributed by atoms with Gasteiger partial charge >= 0.3 is 0 Å². The maximum absolute atomic E-state index is 14.4. The van der Waals surface area contributed by atoms with Crippen LogP contribution in [0.5, 0.6) is 5.75 Å². The Morgan fingerprint density at radius 1 is 0.933 bits per heavy atom. The van der Waals surface area contributed by atoms with E-state index in [9.17, 15) is 9.59 Å². The fourth-order valence-corrected chi connectivity index (χ4v) is 6.95. The molecular weight excluding hydrogens is 562 g/mol. The lowest BCUT2D eigenvalue weighted by Crippen LogP contribution is -2.61. The van der Waals surface area contributed by atoms with Gasteiger partial charge in [-0.05, 0) is 56.3 Å². The molecule has 2 unspecified atom stereocenters. The summed E-state index contributed by atoms with van der Waals surface area (Å²) in [6.07, 6.45) is 3.05. The van der Waals surface area contributed by atoms with Gasteiger partial charge in [0.2, 0.25) is 11.8 Å². The lowest BCUT2D eigenvalue weighted by Gasteiger charge is -2.43. The number of carbonyl (C=O) groups excluding carboxylic acids is 2. The van der Waals surface area contributed by atoms with Crippen molar-refractivity contribution in [3.05, 3.63) is 102 Å². The van der Waals surface area contributed by atoms with Crippen LogP contribution in [0.2, 0.25) is 0 Å². The molecule has 3 atom stereocenters. The van der Waals surface area contributed by atoms with E-state index in [1.54, 1.807) is 7.11 Å². The van der Waals surface area contributed by atoms with Crippen LogP contribution in [-0.2, 0) is 16.1 Å². The molecule has 0 aliphatic carbocycles. The first-order chi connectivity index (χ1) is 22.0. The first kappa shape index (κ1) is 32.7. The van der Waals surface area contributed by atoms with Crippen molar-refractivity contribution in [1.29, 1.82) is 0 Å². The molecule has 45 heavy (non-hydrogen) atoms. The van der Waals surface area contributed by atoms with Crippen LogP contribution >= 0.6 is 0 Å². The van der Waals surface area contributed by atoms with Gasteiger partial charge in [-0.2, -0.15) is 0 Å². The molecule has 2 aliphatic rings. The Morgan fingerprint density at radius 2 is 1.60 bits per heavy atom. The van der Waals surface area contributed by atoms with E-state index in [2.05, 4.69) is 52.4 Å². The van der Waals surface area contributed by atoms with Crippen LogP contribution in [0, 0.1) is 0 Å². The lowest BCUT2D eigenvalue weighted by atomic mass is 9.91. The molecule has 0 radical (unpaired) electrons. The van der Waals surface area contributed by atoms with Crippen LogP contribution in [0.1, 0.15) is 55.2 Å². The molecule has 2 fully saturated rings. The van der Waals surface area contributed by atoms with Gasteiger partial charge in [0.15, 0.2) is 0 Å². The summed E-state index contributed by atoms with van der Waals surface area (Å²) in [6.45, 7) is 6.86. The van der Waals surface area contributed by atoms with Crippen molar-refractivity contribution < 1.29 is 14.3 Å². The van der Waals surface area contributed by atoms with Gasteiger partial charge in [-0.3, -0.25) is 19.4 Å². The van der Waals surface area contributed by atoms with Crippen LogP contribution in [0.25, 0.3) is 0 Å². The zero-order valence-corrected chi connectivity index (χ0v) is 26.8. The van der Waals surface area contributed by atoms with Crippen molar-refractivity contribution >= 4 is 11.8 Å². The maximum Gasteiger partial charge on any atom is 0.242 e. The number of carbonyl (C=O) groups is 2. The van der Waals surface area contributed by atoms with Crippen LogP contribution < -0.4 is 15.8 Å². The Bertz CT molecular complexity index is 1330. The minimum atomic E-state index is -0.534. The first-order valence-electron chi connectivity index (χ1n) is 16.5. The topological polar surface area (TPSA) is 91.1 Å². The van der Waals surface area contributed by atoms with Gasteiger partial charge in [0, 0.05) is 56.8 Å². The highest BCUT2D eigenvalue weighted by molar-refractivity contribution is 5.90. The average Bonchev–Trinajstić information content (AvgIpc) is 3.19. The van der Waals surface area contributed by atoms with E-state index in [1.165, 1.54) is 0 Å². The highest BCUT2D eigenvalue weighted by Crippen LogP contribution is 2.28. The minimum absolute atomic E-state index is 0.0123. The number of hydrogen-bond donors (Lipinski definition) is 2. The van der Waals surface area contributed by atoms with Crippen molar-refractivity contribution in [3.63, 3.8) is 0 Å². The third-order valence-corrected chi connectivity index (χ3v) is 9.51. The molecule has 3 aromatic carbocycles. The van der Waals surface area contributed by atoms with Gasteiger partial charge in [0.1, 0.15) is 17.8 Å². The Morgan fingerprint density at radius 3 is 2.27 bits per heavy atom. The first-order valence-corrected chi connectivity index (χ1v) is 16.5. The van der Waals surface area contributed by atoms with E-state index >= 15 is 0 Å². The van der Waals surface area contributed by atoms with Gasteiger partial charge in [-0.1, -0.05) is 78.9 Å². The second-order valence-corrected chi connectivity index (χ2v) is 12.4. The fourth-order valence-electron chi connectivity index (χ4n) is 6.95. The smallest absolute Gasteiger partial charge is 0.242 e. The third-order valence-electron chi connectivity index (χ3n) is 9.51. The molecule has 2 amide bonds. The zero-order valence-electron chi connectivity index (χ0n) is 26.8. The number of amides is 2. The van der Waals surface area contributed by atoms with Gasteiger partial charge in [-0.25, -0.2) is 0 Å². The largest absolute Gasteiger partial charge is 0.496 e. The summed E-state index contributed by atoms with van der Waals surface area (Å²) in [5, 5.41) is 3.28. The van der Waals surface area contributed by atoms with Crippen LogP contribution in [0.3, 0.4) is 0 Å². The molecule has 2 saturated heterocycles. The van der Waals surface area contributed by atoms with E-state index in [4.69, 9.17) is 10.5 Å². The Labute approximate surface area is 268 Å². The highest BCUT2D eigenvalue weighted by atomic mass is 16.5. The van der Waals surface area contributed by atoms with E-state index in [0.717, 1.165) is 61.3 Å². The minimum Gasteiger partial charge on any atom is -0.496 e. The average molecular weight is 612 g/mol. The highest BCUT2D eigenvalue weighted by Gasteiger charge is 2.43. The molecule has 0 spiro atoms. The number of para-hydroxylation sites is 1. The van der Waals surface area contributed by atoms with Crippen LogP contribution in [0.15, 0.2) is 84.9 Å². The zero-order chi connectivity index (χ0) is 31.6. The number of methoxy groups -OCH3 is 1. The molecule has 0 aromatic heterocycles. The Hall–Kier alpha value is -3.72. The third kappa shape index (κ3) is 8.12. The summed E-state index contributed by atoms with van der Waals surface area (Å²) in [5.74, 6) is 0.848. The number of piperazine rings is 1. The molecule has 240 valence electrons. The standard InChI is InChI=1S/C37H49N5O3/c1-28-20-22-42(37(44)34-27-40(23-24-41(28)34)26-31-17-9-10-19-35(31)45-2)33(18-11-12-21-38)36(43)39-25-32(29-13-5-3-6-14-29)30-15-7-4-8-16-30/h3-10,13-17,19,28,32-34H,11-12,18,20-27,38H2,1-2H3,(H,39,43)/t28?,33-,34?/m1/s1. The van der Waals surface area contributed by atoms with Gasteiger partial charge in [0.05, 0.1) is 7.11 Å². The Balaban J connectivity index is 1.34. The summed E-state index contributed by atoms with van der Waals surface area (Å²) in [5.41, 5.74) is 9.27. The van der Waals surface area contributed by atoms with Crippen LogP contribution in [-0.4, -0.2) is 91.0 Å². The number of ether oxygens (including phenoxy) is 1. The molecular formula is C37H49N5O3. The molecule has 3 N–H and O–H groups in total. The van der Waals surface area contributed by atoms with Crippen molar-refractivity contribution in [2.75, 3.05) is 46.4 Å². The predicted octanol–water partition coefficient (Wildman–Crippen LogP) is 4.25. The van der Waals surface area contributed by atoms with Crippen molar-refractivity contribution in [2.24, 2.45) is 5.73 Å². The maximum atomic E-state index is 14.4. The molecule has 8 nitrogen and oxygen atoms in total. The number of nitrogens with one attached hydrogen (secondary N) is 1. The van der Waals surface area contributed by atoms with E-state index in [0.29, 0.717) is 32.6 Å². The number of nitrogens with two attached hydrogens (primary N) is 1. The van der Waals surface area contributed by atoms with Crippen molar-refractivity contribution in [2.45, 2.75) is 63.2 Å². The van der Waals surface area contributed by atoms with Crippen LogP contribution in [0.4, 0.5) is 0 Å². The quantitative estimate of drug-likeness (QED) is 0.281. The second-order valence-electron chi connectivity index (χ2n) is 12.4. The normalized spacial score (nSPS) is 20.0. The summed E-state index contributed by atoms with van der Waals surface area (Å²) in [6, 6.07) is 28.1. The van der Waals surface area contributed by atoms with E-state index in [-0.39, 0.29) is 29.8 Å². The summed E-state index contributed by atoms with van der Waals surface area (Å²) in [7, 11) is 1.70. The second kappa shape index (κ2) is 16.0. The SMILES string of the molecule is COc1ccccc1CN1CCN2C(C)CCN([C@H](CCCCN)C(=O)NCC(c3ccccc3)c3ccccc3)C(=O)C2C1. The monoisotopic (exact) mass is 611 g/mol. The van der Waals surface area contributed by atoms with Gasteiger partial charge in [-0.15, -0.1) is 0 Å². The number of nitrogens with zero attached hydrogens (tertiary/aromatic N) is 3. The van der Waals surface area contributed by atoms with Crippen molar-refractivity contribution in [1.82, 2.24) is 20.0 Å². The molecule has 5 rings (SSSR count). The number of benzene rings is 3. The summed E-state index contributed by atoms with van der Waals surface area (Å²) >= 11 is 0. The lowest BCUT2D eigenvalue weighted by molar-refractivity contribution is -0.145. The molecule has 0 bridgehead atoms. The summed E-state index contributed by atoms with van der Waals surface area (Å²) in [4.78, 5) is 35.1. The molecule has 2 heterocycles. The van der Waals surface area contributed by atoms with E-state index < -0.39 is 6.04 Å². The summed E-state index contributed by atoms with van der Waals surface area (Å²) < 4.78 is 5.60. The molecule has 0 saturated carbocycles. The van der Waals surface area contributed by atoms with Crippen molar-refractivity contribution in [3.8, 4) is 5.75 Å². The fraction of sp³-hybridized carbons (Fsp3) is 0.459. The van der Waals surface area contributed by atoms with E-state index in [1.807, 2.05) is 59.5 Å². The predicted molar refractivity (Wildman–Crippen MR) is 179 cm³/mol. The number of hydrogen-bond acceptors (Lipinski definition) is 6. The Kier molecular flexibility index (Phi) is 11.6.